The van der Waals surface area contributed by atoms with Crippen LogP contribution in [0.15, 0.2) is 12.1 Å². The maximum absolute atomic E-state index is 10.7. The third kappa shape index (κ3) is 2.39. The Balaban J connectivity index is 3.17. The van der Waals surface area contributed by atoms with Crippen LogP contribution in [0.4, 0.5) is 10.5 Å². The average molecular weight is 214 g/mol. The number of ether oxygens (including phenoxy) is 1. The number of halogens is 1. The Bertz CT molecular complexity index is 363. The molecule has 76 valence electrons. The minimum absolute atomic E-state index is 0.602. The van der Waals surface area contributed by atoms with Gasteiger partial charge in [-0.05, 0) is 42.6 Å². The number of methoxy groups -OCH3 is 1. The van der Waals surface area contributed by atoms with Gasteiger partial charge < -0.3 is 10.1 Å². The Kier molecular flexibility index (Phi) is 3.36. The van der Waals surface area contributed by atoms with Gasteiger partial charge in [-0.2, -0.15) is 0 Å². The van der Waals surface area contributed by atoms with Crippen LogP contribution in [0, 0.1) is 13.8 Å². The van der Waals surface area contributed by atoms with E-state index < -0.39 is 5.37 Å². The molecule has 1 N–H and O–H groups in total. The maximum Gasteiger partial charge on any atom is 0.318 e. The third-order valence-electron chi connectivity index (χ3n) is 1.86. The van der Waals surface area contributed by atoms with Crippen molar-refractivity contribution in [2.24, 2.45) is 0 Å². The fraction of sp³-hybridized carbons (Fsp3) is 0.300. The first-order valence-corrected chi connectivity index (χ1v) is 4.54. The van der Waals surface area contributed by atoms with Crippen molar-refractivity contribution in [1.82, 2.24) is 0 Å². The maximum atomic E-state index is 10.7. The van der Waals surface area contributed by atoms with Crippen LogP contribution in [0.3, 0.4) is 0 Å². The van der Waals surface area contributed by atoms with E-state index >= 15 is 0 Å². The molecule has 3 nitrogen and oxygen atoms in total. The van der Waals surface area contributed by atoms with Gasteiger partial charge in [0.05, 0.1) is 12.8 Å². The van der Waals surface area contributed by atoms with Crippen LogP contribution in [-0.4, -0.2) is 12.5 Å². The molecule has 0 heterocycles. The smallest absolute Gasteiger partial charge is 0.318 e. The lowest BCUT2D eigenvalue weighted by Crippen LogP contribution is -2.04. The topological polar surface area (TPSA) is 38.3 Å². The first kappa shape index (κ1) is 10.9. The van der Waals surface area contributed by atoms with Crippen LogP contribution in [0.2, 0.25) is 0 Å². The van der Waals surface area contributed by atoms with Crippen molar-refractivity contribution < 1.29 is 9.53 Å². The van der Waals surface area contributed by atoms with Crippen LogP contribution in [-0.2, 0) is 0 Å². The van der Waals surface area contributed by atoms with Crippen molar-refractivity contribution in [3.63, 3.8) is 0 Å². The van der Waals surface area contributed by atoms with Gasteiger partial charge in [0.1, 0.15) is 5.75 Å². The van der Waals surface area contributed by atoms with Gasteiger partial charge in [-0.1, -0.05) is 6.07 Å². The van der Waals surface area contributed by atoms with E-state index in [1.807, 2.05) is 26.0 Å². The largest absolute Gasteiger partial charge is 0.494 e. The van der Waals surface area contributed by atoms with E-state index in [2.05, 4.69) is 5.32 Å². The van der Waals surface area contributed by atoms with Crippen molar-refractivity contribution in [2.45, 2.75) is 13.8 Å². The number of carbonyl (C=O) groups excluding carboxylic acids is 1. The molecule has 1 aromatic carbocycles. The Morgan fingerprint density at radius 2 is 2.07 bits per heavy atom. The van der Waals surface area contributed by atoms with Gasteiger partial charge in [0.15, 0.2) is 0 Å². The summed E-state index contributed by atoms with van der Waals surface area (Å²) in [7, 11) is 1.56. The quantitative estimate of drug-likeness (QED) is 0.606. The van der Waals surface area contributed by atoms with Crippen LogP contribution >= 0.6 is 11.6 Å². The normalized spacial score (nSPS) is 9.71. The molecular weight excluding hydrogens is 202 g/mol. The number of hydrogen-bond acceptors (Lipinski definition) is 2. The van der Waals surface area contributed by atoms with Crippen LogP contribution in [0.5, 0.6) is 5.75 Å². The zero-order chi connectivity index (χ0) is 10.7. The molecule has 0 aliphatic rings. The fourth-order valence-corrected chi connectivity index (χ4v) is 1.53. The van der Waals surface area contributed by atoms with E-state index in [9.17, 15) is 4.79 Å². The highest BCUT2D eigenvalue weighted by atomic mass is 35.5. The van der Waals surface area contributed by atoms with Crippen LogP contribution in [0.1, 0.15) is 11.1 Å². The van der Waals surface area contributed by atoms with Crippen molar-refractivity contribution in [2.75, 3.05) is 12.4 Å². The Morgan fingerprint density at radius 3 is 2.57 bits per heavy atom. The summed E-state index contributed by atoms with van der Waals surface area (Å²) >= 11 is 5.24. The van der Waals surface area contributed by atoms with E-state index in [-0.39, 0.29) is 0 Å². The summed E-state index contributed by atoms with van der Waals surface area (Å²) in [6, 6.07) is 3.79. The predicted molar refractivity (Wildman–Crippen MR) is 57.3 cm³/mol. The number of rotatable bonds is 2. The van der Waals surface area contributed by atoms with E-state index in [1.165, 1.54) is 0 Å². The lowest BCUT2D eigenvalue weighted by atomic mass is 10.1. The third-order valence-corrected chi connectivity index (χ3v) is 1.95. The fourth-order valence-electron chi connectivity index (χ4n) is 1.42. The van der Waals surface area contributed by atoms with E-state index in [4.69, 9.17) is 16.3 Å². The van der Waals surface area contributed by atoms with Crippen molar-refractivity contribution in [3.05, 3.63) is 23.3 Å². The summed E-state index contributed by atoms with van der Waals surface area (Å²) in [4.78, 5) is 10.7. The van der Waals surface area contributed by atoms with Gasteiger partial charge in [-0.15, -0.1) is 0 Å². The Labute approximate surface area is 88.0 Å². The summed E-state index contributed by atoms with van der Waals surface area (Å²) in [6.07, 6.45) is 0. The van der Waals surface area contributed by atoms with Crippen LogP contribution < -0.4 is 10.1 Å². The minimum atomic E-state index is -0.617. The second-order valence-electron chi connectivity index (χ2n) is 3.06. The molecule has 0 aliphatic carbocycles. The summed E-state index contributed by atoms with van der Waals surface area (Å²) in [5.74, 6) is 0.643. The molecule has 0 atom stereocenters. The van der Waals surface area contributed by atoms with Crippen molar-refractivity contribution in [3.8, 4) is 5.75 Å². The molecule has 0 fully saturated rings. The predicted octanol–water partition coefficient (Wildman–Crippen LogP) is 3.08. The number of anilines is 1. The van der Waals surface area contributed by atoms with Gasteiger partial charge >= 0.3 is 5.37 Å². The number of carbonyl (C=O) groups is 1. The Hall–Kier alpha value is -1.22. The number of benzene rings is 1. The molecule has 14 heavy (non-hydrogen) atoms. The molecule has 0 saturated heterocycles. The summed E-state index contributed by atoms with van der Waals surface area (Å²) in [6.45, 7) is 3.85. The number of amides is 1. The van der Waals surface area contributed by atoms with Gasteiger partial charge in [-0.3, -0.25) is 4.79 Å². The number of aryl methyl sites for hydroxylation is 2. The molecule has 0 radical (unpaired) electrons. The van der Waals surface area contributed by atoms with Gasteiger partial charge in [0.2, 0.25) is 0 Å². The van der Waals surface area contributed by atoms with Crippen LogP contribution in [0.25, 0.3) is 0 Å². The first-order valence-electron chi connectivity index (χ1n) is 4.16. The lowest BCUT2D eigenvalue weighted by Gasteiger charge is -2.11. The number of nitrogens with one attached hydrogen (secondary N) is 1. The van der Waals surface area contributed by atoms with E-state index in [1.54, 1.807) is 7.11 Å². The van der Waals surface area contributed by atoms with Gasteiger partial charge in [0.25, 0.3) is 0 Å². The molecule has 1 amide bonds. The molecular formula is C10H12ClNO2. The minimum Gasteiger partial charge on any atom is -0.494 e. The van der Waals surface area contributed by atoms with E-state index in [0.717, 1.165) is 11.1 Å². The monoisotopic (exact) mass is 213 g/mol. The molecule has 0 spiro atoms. The molecule has 0 unspecified atom stereocenters. The summed E-state index contributed by atoms with van der Waals surface area (Å²) < 4.78 is 5.16. The molecule has 0 aromatic heterocycles. The van der Waals surface area contributed by atoms with Crippen molar-refractivity contribution in [1.29, 1.82) is 0 Å². The summed E-state index contributed by atoms with van der Waals surface area (Å²) in [5, 5.41) is 1.89. The molecule has 1 rings (SSSR count). The highest BCUT2D eigenvalue weighted by Crippen LogP contribution is 2.29. The molecule has 0 saturated carbocycles. The first-order chi connectivity index (χ1) is 6.54. The molecule has 0 aliphatic heterocycles. The standard InChI is InChI=1S/C10H12ClNO2/c1-6-4-7(2)9(14-3)8(5-6)12-10(11)13/h4-5H,1-3H3,(H,12,13). The van der Waals surface area contributed by atoms with E-state index in [0.29, 0.717) is 11.4 Å². The molecule has 0 bridgehead atoms. The SMILES string of the molecule is COc1c(C)cc(C)cc1NC(=O)Cl. The highest BCUT2D eigenvalue weighted by molar-refractivity contribution is 6.65. The zero-order valence-corrected chi connectivity index (χ0v) is 9.11. The molecule has 1 aromatic rings. The van der Waals surface area contributed by atoms with Gasteiger partial charge in [-0.25, -0.2) is 0 Å². The average Bonchev–Trinajstić information content (AvgIpc) is 2.01. The second-order valence-corrected chi connectivity index (χ2v) is 3.40. The van der Waals surface area contributed by atoms with Gasteiger partial charge in [0, 0.05) is 0 Å². The van der Waals surface area contributed by atoms with Crippen molar-refractivity contribution >= 4 is 22.7 Å². The Morgan fingerprint density at radius 1 is 1.43 bits per heavy atom. The summed E-state index contributed by atoms with van der Waals surface area (Å²) in [5.41, 5.74) is 2.61. The number of hydrogen-bond donors (Lipinski definition) is 1. The zero-order valence-electron chi connectivity index (χ0n) is 8.35. The lowest BCUT2D eigenvalue weighted by molar-refractivity contribution is 0.269. The molecule has 4 heteroatoms. The highest BCUT2D eigenvalue weighted by Gasteiger charge is 2.08. The second kappa shape index (κ2) is 4.33.